The fourth-order valence-corrected chi connectivity index (χ4v) is 3.28. The van der Waals surface area contributed by atoms with E-state index in [9.17, 15) is 9.59 Å². The third-order valence-electron chi connectivity index (χ3n) is 4.39. The smallest absolute Gasteiger partial charge is 0.314 e. The van der Waals surface area contributed by atoms with Crippen molar-refractivity contribution in [1.82, 2.24) is 10.2 Å². The first-order valence-corrected chi connectivity index (χ1v) is 7.41. The third-order valence-corrected chi connectivity index (χ3v) is 4.39. The van der Waals surface area contributed by atoms with Gasteiger partial charge >= 0.3 is 6.03 Å². The summed E-state index contributed by atoms with van der Waals surface area (Å²) in [4.78, 5) is 25.0. The number of hydrogen-bond acceptors (Lipinski definition) is 2. The molecule has 3 atom stereocenters. The molecule has 1 aliphatic carbocycles. The summed E-state index contributed by atoms with van der Waals surface area (Å²) in [5, 5.41) is 3.16. The quantitative estimate of drug-likeness (QED) is 0.795. The van der Waals surface area contributed by atoms with Crippen LogP contribution >= 0.6 is 0 Å². The number of rotatable bonds is 2. The Bertz CT molecular complexity index is 346. The molecule has 0 aromatic rings. The molecule has 3 amide bonds. The number of hydrogen-bond donors (Lipinski definition) is 2. The Morgan fingerprint density at radius 3 is 2.68 bits per heavy atom. The van der Waals surface area contributed by atoms with Crippen LogP contribution in [-0.4, -0.2) is 36.0 Å². The molecule has 2 rings (SSSR count). The highest BCUT2D eigenvalue weighted by Crippen LogP contribution is 2.24. The molecule has 19 heavy (non-hydrogen) atoms. The molecule has 1 aliphatic heterocycles. The lowest BCUT2D eigenvalue weighted by Gasteiger charge is -2.33. The Kier molecular flexibility index (Phi) is 4.66. The number of carbonyl (C=O) groups is 2. The molecule has 1 saturated heterocycles. The van der Waals surface area contributed by atoms with Crippen molar-refractivity contribution >= 4 is 11.9 Å². The molecule has 2 aliphatic rings. The Morgan fingerprint density at radius 2 is 2.00 bits per heavy atom. The molecule has 0 unspecified atom stereocenters. The van der Waals surface area contributed by atoms with Gasteiger partial charge < -0.3 is 16.0 Å². The van der Waals surface area contributed by atoms with Crippen molar-refractivity contribution < 1.29 is 9.59 Å². The number of primary amides is 1. The maximum Gasteiger partial charge on any atom is 0.314 e. The lowest BCUT2D eigenvalue weighted by Crippen LogP contribution is -2.49. The maximum atomic E-state index is 12.3. The van der Waals surface area contributed by atoms with Gasteiger partial charge in [-0.15, -0.1) is 0 Å². The number of piperidine rings is 1. The summed E-state index contributed by atoms with van der Waals surface area (Å²) in [6.07, 6.45) is 6.36. The van der Waals surface area contributed by atoms with E-state index in [1.807, 2.05) is 0 Å². The SMILES string of the molecule is C[C@@H]1CCC[C@H](NC(=O)[C@H]2CCCN(C(N)=O)C2)C1. The largest absolute Gasteiger partial charge is 0.353 e. The van der Waals surface area contributed by atoms with E-state index in [4.69, 9.17) is 5.73 Å². The predicted octanol–water partition coefficient (Wildman–Crippen LogP) is 1.47. The van der Waals surface area contributed by atoms with E-state index in [2.05, 4.69) is 12.2 Å². The number of nitrogens with two attached hydrogens (primary N) is 1. The van der Waals surface area contributed by atoms with Crippen LogP contribution in [0, 0.1) is 11.8 Å². The fourth-order valence-electron chi connectivity index (χ4n) is 3.28. The van der Waals surface area contributed by atoms with Gasteiger partial charge in [-0.2, -0.15) is 0 Å². The number of amides is 3. The van der Waals surface area contributed by atoms with Crippen molar-refractivity contribution in [2.24, 2.45) is 17.6 Å². The minimum Gasteiger partial charge on any atom is -0.353 e. The Morgan fingerprint density at radius 1 is 1.21 bits per heavy atom. The maximum absolute atomic E-state index is 12.3. The van der Waals surface area contributed by atoms with E-state index < -0.39 is 6.03 Å². The summed E-state index contributed by atoms with van der Waals surface area (Å²) in [5.41, 5.74) is 5.29. The highest BCUT2D eigenvalue weighted by atomic mass is 16.2. The summed E-state index contributed by atoms with van der Waals surface area (Å²) in [6.45, 7) is 3.40. The van der Waals surface area contributed by atoms with Crippen LogP contribution in [0.15, 0.2) is 0 Å². The van der Waals surface area contributed by atoms with Gasteiger partial charge in [0.25, 0.3) is 0 Å². The Balaban J connectivity index is 1.83. The molecular weight excluding hydrogens is 242 g/mol. The summed E-state index contributed by atoms with van der Waals surface area (Å²) in [7, 11) is 0. The normalized spacial score (nSPS) is 31.8. The number of nitrogens with one attached hydrogen (secondary N) is 1. The van der Waals surface area contributed by atoms with Gasteiger partial charge in [-0.25, -0.2) is 4.79 Å². The van der Waals surface area contributed by atoms with Crippen LogP contribution in [0.2, 0.25) is 0 Å². The molecule has 0 spiro atoms. The van der Waals surface area contributed by atoms with Gasteiger partial charge in [-0.05, 0) is 31.6 Å². The molecule has 5 heteroatoms. The summed E-state index contributed by atoms with van der Waals surface area (Å²) >= 11 is 0. The number of nitrogens with zero attached hydrogens (tertiary/aromatic N) is 1. The van der Waals surface area contributed by atoms with Gasteiger partial charge in [-0.3, -0.25) is 4.79 Å². The first-order chi connectivity index (χ1) is 9.06. The molecule has 3 N–H and O–H groups in total. The predicted molar refractivity (Wildman–Crippen MR) is 73.4 cm³/mol. The highest BCUT2D eigenvalue weighted by Gasteiger charge is 2.29. The van der Waals surface area contributed by atoms with Gasteiger partial charge in [0.1, 0.15) is 0 Å². The van der Waals surface area contributed by atoms with Crippen molar-refractivity contribution in [1.29, 1.82) is 0 Å². The second kappa shape index (κ2) is 6.26. The van der Waals surface area contributed by atoms with Crippen LogP contribution in [0.5, 0.6) is 0 Å². The molecule has 5 nitrogen and oxygen atoms in total. The minimum absolute atomic E-state index is 0.0847. The van der Waals surface area contributed by atoms with Crippen LogP contribution in [0.4, 0.5) is 4.79 Å². The van der Waals surface area contributed by atoms with E-state index in [1.165, 1.54) is 12.8 Å². The number of urea groups is 1. The van der Waals surface area contributed by atoms with Crippen LogP contribution in [0.1, 0.15) is 45.4 Å². The second-order valence-electron chi connectivity index (χ2n) is 6.10. The van der Waals surface area contributed by atoms with E-state index in [-0.39, 0.29) is 11.8 Å². The van der Waals surface area contributed by atoms with Crippen molar-refractivity contribution in [3.05, 3.63) is 0 Å². The zero-order valence-electron chi connectivity index (χ0n) is 11.7. The first kappa shape index (κ1) is 14.2. The van der Waals surface area contributed by atoms with Crippen LogP contribution in [-0.2, 0) is 4.79 Å². The third kappa shape index (κ3) is 3.85. The number of carbonyl (C=O) groups excluding carboxylic acids is 2. The van der Waals surface area contributed by atoms with Gasteiger partial charge in [0.15, 0.2) is 0 Å². The fraction of sp³-hybridized carbons (Fsp3) is 0.857. The Labute approximate surface area is 114 Å². The zero-order chi connectivity index (χ0) is 13.8. The monoisotopic (exact) mass is 267 g/mol. The first-order valence-electron chi connectivity index (χ1n) is 7.41. The Hall–Kier alpha value is -1.26. The lowest BCUT2D eigenvalue weighted by atomic mass is 9.86. The van der Waals surface area contributed by atoms with E-state index in [0.29, 0.717) is 25.0 Å². The van der Waals surface area contributed by atoms with E-state index >= 15 is 0 Å². The van der Waals surface area contributed by atoms with Gasteiger partial charge in [0.05, 0.1) is 5.92 Å². The summed E-state index contributed by atoms with van der Waals surface area (Å²) in [6, 6.07) is -0.0935. The molecule has 0 aromatic carbocycles. The number of likely N-dealkylation sites (tertiary alicyclic amines) is 1. The lowest BCUT2D eigenvalue weighted by molar-refractivity contribution is -0.127. The van der Waals surface area contributed by atoms with E-state index in [1.54, 1.807) is 4.90 Å². The second-order valence-corrected chi connectivity index (χ2v) is 6.10. The molecule has 1 heterocycles. The van der Waals surface area contributed by atoms with Crippen LogP contribution in [0.3, 0.4) is 0 Å². The summed E-state index contributed by atoms with van der Waals surface area (Å²) in [5.74, 6) is 0.719. The van der Waals surface area contributed by atoms with Crippen LogP contribution in [0.25, 0.3) is 0 Å². The van der Waals surface area contributed by atoms with Crippen molar-refractivity contribution in [2.75, 3.05) is 13.1 Å². The van der Waals surface area contributed by atoms with Crippen molar-refractivity contribution in [3.63, 3.8) is 0 Å². The molecule has 0 aromatic heterocycles. The summed E-state index contributed by atoms with van der Waals surface area (Å²) < 4.78 is 0. The zero-order valence-corrected chi connectivity index (χ0v) is 11.7. The molecule has 108 valence electrons. The van der Waals surface area contributed by atoms with Gasteiger partial charge in [0.2, 0.25) is 5.91 Å². The van der Waals surface area contributed by atoms with Crippen molar-refractivity contribution in [2.45, 2.75) is 51.5 Å². The average Bonchev–Trinajstić information content (AvgIpc) is 2.39. The molecular formula is C14H25N3O2. The van der Waals surface area contributed by atoms with Gasteiger partial charge in [0, 0.05) is 19.1 Å². The van der Waals surface area contributed by atoms with Gasteiger partial charge in [-0.1, -0.05) is 19.8 Å². The van der Waals surface area contributed by atoms with E-state index in [0.717, 1.165) is 25.7 Å². The van der Waals surface area contributed by atoms with Crippen LogP contribution < -0.4 is 11.1 Å². The highest BCUT2D eigenvalue weighted by molar-refractivity contribution is 5.80. The molecule has 1 saturated carbocycles. The molecule has 2 fully saturated rings. The topological polar surface area (TPSA) is 75.4 Å². The van der Waals surface area contributed by atoms with Crippen molar-refractivity contribution in [3.8, 4) is 0 Å². The minimum atomic E-state index is -0.413. The standard InChI is InChI=1S/C14H25N3O2/c1-10-4-2-6-12(8-10)16-13(18)11-5-3-7-17(9-11)14(15)19/h10-12H,2-9H2,1H3,(H2,15,19)(H,16,18)/t10-,11+,12+/m1/s1. The molecule has 0 bridgehead atoms. The average molecular weight is 267 g/mol. The molecule has 0 radical (unpaired) electrons.